The molecule has 0 aliphatic rings. The van der Waals surface area contributed by atoms with Gasteiger partial charge >= 0.3 is 0 Å². The van der Waals surface area contributed by atoms with E-state index in [2.05, 4.69) is 4.98 Å². The van der Waals surface area contributed by atoms with Crippen molar-refractivity contribution in [3.63, 3.8) is 0 Å². The molecule has 2 aromatic rings. The molecule has 0 bridgehead atoms. The minimum absolute atomic E-state index is 0.245. The van der Waals surface area contributed by atoms with Gasteiger partial charge in [-0.05, 0) is 25.1 Å². The fourth-order valence-electron chi connectivity index (χ4n) is 1.84. The van der Waals surface area contributed by atoms with Crippen LogP contribution < -0.4 is 0 Å². The van der Waals surface area contributed by atoms with Gasteiger partial charge in [-0.25, -0.2) is 8.42 Å². The van der Waals surface area contributed by atoms with Crippen molar-refractivity contribution in [1.29, 1.82) is 0 Å². The monoisotopic (exact) mass is 267 g/mol. The number of carbonyl (C=O) groups is 1. The molecule has 1 heterocycles. The second-order valence-electron chi connectivity index (χ2n) is 4.10. The lowest BCUT2D eigenvalue weighted by Gasteiger charge is -2.08. The summed E-state index contributed by atoms with van der Waals surface area (Å²) in [5, 5.41) is 0.743. The van der Waals surface area contributed by atoms with Crippen molar-refractivity contribution in [1.82, 2.24) is 4.98 Å². The Bertz CT molecular complexity index is 687. The number of hydrogen-bond acceptors (Lipinski definition) is 4. The highest BCUT2D eigenvalue weighted by Crippen LogP contribution is 2.27. The molecular formula is C12H13NO4S. The van der Waals surface area contributed by atoms with Crippen molar-refractivity contribution in [2.24, 2.45) is 0 Å². The van der Waals surface area contributed by atoms with E-state index in [1.165, 1.54) is 0 Å². The molecule has 0 aliphatic carbocycles. The zero-order valence-electron chi connectivity index (χ0n) is 10.0. The molecule has 18 heavy (non-hydrogen) atoms. The number of sulfone groups is 1. The van der Waals surface area contributed by atoms with E-state index >= 15 is 0 Å². The minimum atomic E-state index is -3.25. The number of carbonyl (C=O) groups excluding carboxylic acids is 1. The largest absolute Gasteiger partial charge is 0.460 e. The van der Waals surface area contributed by atoms with Crippen LogP contribution in [0.25, 0.3) is 10.9 Å². The van der Waals surface area contributed by atoms with Crippen LogP contribution in [-0.4, -0.2) is 26.1 Å². The van der Waals surface area contributed by atoms with E-state index < -0.39 is 15.9 Å². The second-order valence-corrected chi connectivity index (χ2v) is 6.11. The van der Waals surface area contributed by atoms with Gasteiger partial charge in [-0.1, -0.05) is 0 Å². The molecule has 96 valence electrons. The maximum atomic E-state index is 11.5. The van der Waals surface area contributed by atoms with Crippen LogP contribution in [0.2, 0.25) is 0 Å². The van der Waals surface area contributed by atoms with Gasteiger partial charge in [-0.15, -0.1) is 0 Å². The lowest BCUT2D eigenvalue weighted by atomic mass is 10.1. The second kappa shape index (κ2) is 4.45. The van der Waals surface area contributed by atoms with Gasteiger partial charge in [-0.2, -0.15) is 0 Å². The number of aromatic amines is 1. The van der Waals surface area contributed by atoms with Crippen molar-refractivity contribution in [3.8, 4) is 0 Å². The van der Waals surface area contributed by atoms with Crippen LogP contribution in [-0.2, 0) is 19.4 Å². The third-order valence-electron chi connectivity index (χ3n) is 2.81. The number of ether oxygens (including phenoxy) is 1. The summed E-state index contributed by atoms with van der Waals surface area (Å²) in [5.41, 5.74) is 1.56. The van der Waals surface area contributed by atoms with Crippen molar-refractivity contribution < 1.29 is 17.9 Å². The third kappa shape index (κ3) is 2.24. The fraction of sp³-hybridized carbons (Fsp3) is 0.250. The Hall–Kier alpha value is -1.82. The maximum absolute atomic E-state index is 11.5. The summed E-state index contributed by atoms with van der Waals surface area (Å²) >= 11 is 0. The van der Waals surface area contributed by atoms with E-state index in [4.69, 9.17) is 4.74 Å². The van der Waals surface area contributed by atoms with E-state index in [-0.39, 0.29) is 4.90 Å². The number of nitrogens with one attached hydrogen (secondary N) is 1. The quantitative estimate of drug-likeness (QED) is 0.857. The summed E-state index contributed by atoms with van der Waals surface area (Å²) in [6, 6.07) is 4.83. The smallest absolute Gasteiger partial charge is 0.293 e. The first-order valence-electron chi connectivity index (χ1n) is 5.33. The predicted molar refractivity (Wildman–Crippen MR) is 67.0 cm³/mol. The highest BCUT2D eigenvalue weighted by Gasteiger charge is 2.14. The number of H-pyrrole nitrogens is 1. The van der Waals surface area contributed by atoms with Crippen LogP contribution in [0.15, 0.2) is 29.3 Å². The van der Waals surface area contributed by atoms with Gasteiger partial charge < -0.3 is 9.72 Å². The average Bonchev–Trinajstić information content (AvgIpc) is 2.70. The van der Waals surface area contributed by atoms with E-state index in [0.29, 0.717) is 6.47 Å². The lowest BCUT2D eigenvalue weighted by Crippen LogP contribution is -1.99. The third-order valence-corrected chi connectivity index (χ3v) is 3.92. The first kappa shape index (κ1) is 12.6. The van der Waals surface area contributed by atoms with Crippen LogP contribution in [0.3, 0.4) is 0 Å². The maximum Gasteiger partial charge on any atom is 0.293 e. The molecular weight excluding hydrogens is 254 g/mol. The normalized spacial score (nSPS) is 13.4. The number of aromatic nitrogens is 1. The predicted octanol–water partition coefficient (Wildman–Crippen LogP) is 1.81. The first-order valence-corrected chi connectivity index (χ1v) is 7.23. The van der Waals surface area contributed by atoms with Gasteiger partial charge in [0.1, 0.15) is 6.10 Å². The standard InChI is InChI=1S/C12H13NO4S/c1-8(17-7-14)11-6-13-12-4-3-9(5-10(11)12)18(2,15)16/h3-8,13H,1-2H3. The summed E-state index contributed by atoms with van der Waals surface area (Å²) in [6.45, 7) is 2.11. The molecule has 0 amide bonds. The molecule has 1 N–H and O–H groups in total. The molecule has 1 aromatic carbocycles. The Morgan fingerprint density at radius 3 is 2.72 bits per heavy atom. The summed E-state index contributed by atoms with van der Waals surface area (Å²) in [5.74, 6) is 0. The summed E-state index contributed by atoms with van der Waals surface area (Å²) in [6.07, 6.45) is 2.45. The average molecular weight is 267 g/mol. The van der Waals surface area contributed by atoms with Crippen molar-refractivity contribution in [2.75, 3.05) is 6.26 Å². The van der Waals surface area contributed by atoms with Crippen molar-refractivity contribution in [3.05, 3.63) is 30.0 Å². The van der Waals surface area contributed by atoms with Gasteiger partial charge in [-0.3, -0.25) is 4.79 Å². The highest BCUT2D eigenvalue weighted by molar-refractivity contribution is 7.90. The Morgan fingerprint density at radius 2 is 2.11 bits per heavy atom. The number of hydrogen-bond donors (Lipinski definition) is 1. The Balaban J connectivity index is 2.60. The van der Waals surface area contributed by atoms with Crippen LogP contribution >= 0.6 is 0 Å². The van der Waals surface area contributed by atoms with E-state index in [9.17, 15) is 13.2 Å². The van der Waals surface area contributed by atoms with E-state index in [1.54, 1.807) is 31.3 Å². The summed E-state index contributed by atoms with van der Waals surface area (Å²) in [7, 11) is -3.25. The molecule has 6 heteroatoms. The highest BCUT2D eigenvalue weighted by atomic mass is 32.2. The fourth-order valence-corrected chi connectivity index (χ4v) is 2.49. The van der Waals surface area contributed by atoms with Crippen LogP contribution in [0, 0.1) is 0 Å². The van der Waals surface area contributed by atoms with E-state index in [1.807, 2.05) is 0 Å². The van der Waals surface area contributed by atoms with Gasteiger partial charge in [0.2, 0.25) is 0 Å². The van der Waals surface area contributed by atoms with Crippen LogP contribution in [0.1, 0.15) is 18.6 Å². The minimum Gasteiger partial charge on any atom is -0.460 e. The zero-order valence-corrected chi connectivity index (χ0v) is 10.8. The van der Waals surface area contributed by atoms with Gasteiger partial charge in [0.25, 0.3) is 6.47 Å². The molecule has 0 saturated carbocycles. The molecule has 0 radical (unpaired) electrons. The molecule has 5 nitrogen and oxygen atoms in total. The molecule has 1 atom stereocenters. The molecule has 0 aliphatic heterocycles. The Kier molecular flexibility index (Phi) is 3.13. The van der Waals surface area contributed by atoms with Crippen LogP contribution in [0.5, 0.6) is 0 Å². The topological polar surface area (TPSA) is 76.2 Å². The number of fused-ring (bicyclic) bond motifs is 1. The van der Waals surface area contributed by atoms with Gasteiger partial charge in [0.15, 0.2) is 9.84 Å². The summed E-state index contributed by atoms with van der Waals surface area (Å²) in [4.78, 5) is 13.6. The molecule has 0 fully saturated rings. The molecule has 0 spiro atoms. The Labute approximate surface area is 105 Å². The van der Waals surface area contributed by atoms with Crippen LogP contribution in [0.4, 0.5) is 0 Å². The SMILES string of the molecule is CC(OC=O)c1c[nH]c2ccc(S(C)(=O)=O)cc12. The lowest BCUT2D eigenvalue weighted by molar-refractivity contribution is -0.133. The number of benzene rings is 1. The summed E-state index contributed by atoms with van der Waals surface area (Å²) < 4.78 is 27.9. The molecule has 2 rings (SSSR count). The first-order chi connectivity index (χ1) is 8.43. The molecule has 0 saturated heterocycles. The Morgan fingerprint density at radius 1 is 1.39 bits per heavy atom. The van der Waals surface area contributed by atoms with Crippen molar-refractivity contribution >= 4 is 27.2 Å². The van der Waals surface area contributed by atoms with Gasteiger partial charge in [0.05, 0.1) is 4.90 Å². The zero-order chi connectivity index (χ0) is 13.3. The number of rotatable bonds is 4. The van der Waals surface area contributed by atoms with E-state index in [0.717, 1.165) is 22.7 Å². The molecule has 1 aromatic heterocycles. The molecule has 1 unspecified atom stereocenters. The van der Waals surface area contributed by atoms with Gasteiger partial charge in [0, 0.05) is 28.9 Å². The van der Waals surface area contributed by atoms with Crippen molar-refractivity contribution in [2.45, 2.75) is 17.9 Å².